The van der Waals surface area contributed by atoms with Crippen molar-refractivity contribution in [3.05, 3.63) is 59.7 Å². The van der Waals surface area contributed by atoms with Gasteiger partial charge >= 0.3 is 0 Å². The molecule has 6 heteroatoms. The molecular weight excluding hydrogens is 324 g/mol. The van der Waals surface area contributed by atoms with Crippen LogP contribution in [0.3, 0.4) is 0 Å². The Morgan fingerprint density at radius 3 is 2.21 bits per heavy atom. The van der Waals surface area contributed by atoms with Crippen molar-refractivity contribution in [2.75, 3.05) is 0 Å². The van der Waals surface area contributed by atoms with Crippen molar-refractivity contribution in [1.29, 1.82) is 0 Å². The molecule has 2 aromatic carbocycles. The summed E-state index contributed by atoms with van der Waals surface area (Å²) >= 11 is 0. The van der Waals surface area contributed by atoms with Crippen molar-refractivity contribution in [3.63, 3.8) is 0 Å². The van der Waals surface area contributed by atoms with Gasteiger partial charge in [-0.15, -0.1) is 0 Å². The Morgan fingerprint density at radius 1 is 1.08 bits per heavy atom. The van der Waals surface area contributed by atoms with Crippen LogP contribution >= 0.6 is 0 Å². The summed E-state index contributed by atoms with van der Waals surface area (Å²) in [6.07, 6.45) is 0.909. The van der Waals surface area contributed by atoms with Crippen molar-refractivity contribution < 1.29 is 13.5 Å². The number of hydrazone groups is 1. The molecule has 0 aliphatic heterocycles. The number of nitrogens with one attached hydrogen (secondary N) is 1. The van der Waals surface area contributed by atoms with Crippen molar-refractivity contribution in [1.82, 2.24) is 4.83 Å². The van der Waals surface area contributed by atoms with Gasteiger partial charge in [-0.05, 0) is 66.8 Å². The van der Waals surface area contributed by atoms with E-state index >= 15 is 0 Å². The molecule has 0 atom stereocenters. The first-order chi connectivity index (χ1) is 11.3. The molecule has 0 amide bonds. The number of hydrogen-bond acceptors (Lipinski definition) is 4. The Bertz CT molecular complexity index is 808. The van der Waals surface area contributed by atoms with Crippen LogP contribution in [0.5, 0.6) is 5.75 Å². The third-order valence-corrected chi connectivity index (χ3v) is 4.72. The topological polar surface area (TPSA) is 78.8 Å². The van der Waals surface area contributed by atoms with Crippen molar-refractivity contribution in [2.24, 2.45) is 11.0 Å². The van der Waals surface area contributed by atoms with Crippen LogP contribution in [0.15, 0.2) is 58.5 Å². The molecule has 0 aliphatic rings. The van der Waals surface area contributed by atoms with Gasteiger partial charge < -0.3 is 5.11 Å². The van der Waals surface area contributed by atoms with E-state index in [2.05, 4.69) is 23.8 Å². The van der Waals surface area contributed by atoms with Gasteiger partial charge in [-0.3, -0.25) is 0 Å². The lowest BCUT2D eigenvalue weighted by Gasteiger charge is -2.08. The zero-order chi connectivity index (χ0) is 17.7. The SMILES string of the molecule is C/C(=N\NS(=O)(=O)c1ccc(CC(C)C)cc1)c1ccc(O)cc1. The molecule has 0 aromatic heterocycles. The van der Waals surface area contributed by atoms with Gasteiger partial charge in [0.15, 0.2) is 0 Å². The fraction of sp³-hybridized carbons (Fsp3) is 0.278. The van der Waals surface area contributed by atoms with E-state index in [0.717, 1.165) is 17.5 Å². The number of hydrogen-bond donors (Lipinski definition) is 2. The molecule has 2 N–H and O–H groups in total. The highest BCUT2D eigenvalue weighted by atomic mass is 32.2. The van der Waals surface area contributed by atoms with Gasteiger partial charge in [0.25, 0.3) is 10.0 Å². The average Bonchev–Trinajstić information content (AvgIpc) is 2.53. The minimum Gasteiger partial charge on any atom is -0.508 e. The minimum absolute atomic E-state index is 0.147. The number of nitrogens with zero attached hydrogens (tertiary/aromatic N) is 1. The Labute approximate surface area is 143 Å². The fourth-order valence-corrected chi connectivity index (χ4v) is 3.08. The van der Waals surface area contributed by atoms with Crippen LogP contribution < -0.4 is 4.83 Å². The molecular formula is C18H22N2O3S. The fourth-order valence-electron chi connectivity index (χ4n) is 2.22. The number of rotatable bonds is 6. The molecule has 0 fully saturated rings. The lowest BCUT2D eigenvalue weighted by molar-refractivity contribution is 0.475. The second-order valence-electron chi connectivity index (χ2n) is 6.08. The maximum absolute atomic E-state index is 12.3. The first-order valence-electron chi connectivity index (χ1n) is 7.72. The molecule has 2 aromatic rings. The summed E-state index contributed by atoms with van der Waals surface area (Å²) in [5, 5.41) is 13.2. The molecule has 0 heterocycles. The lowest BCUT2D eigenvalue weighted by atomic mass is 10.0. The summed E-state index contributed by atoms with van der Waals surface area (Å²) in [4.78, 5) is 2.42. The zero-order valence-corrected chi connectivity index (χ0v) is 14.8. The molecule has 128 valence electrons. The van der Waals surface area contributed by atoms with Gasteiger partial charge in [0.1, 0.15) is 5.75 Å². The van der Waals surface area contributed by atoms with Crippen LogP contribution in [0.4, 0.5) is 0 Å². The third kappa shape index (κ3) is 4.83. The molecule has 0 bridgehead atoms. The summed E-state index contributed by atoms with van der Waals surface area (Å²) in [5.41, 5.74) is 2.34. The van der Waals surface area contributed by atoms with E-state index < -0.39 is 10.0 Å². The van der Waals surface area contributed by atoms with Gasteiger partial charge in [0, 0.05) is 0 Å². The van der Waals surface area contributed by atoms with E-state index in [0.29, 0.717) is 11.6 Å². The van der Waals surface area contributed by atoms with E-state index in [1.165, 1.54) is 12.1 Å². The summed E-state index contributed by atoms with van der Waals surface area (Å²) in [6, 6.07) is 13.2. The van der Waals surface area contributed by atoms with Crippen LogP contribution in [0.1, 0.15) is 31.9 Å². The van der Waals surface area contributed by atoms with E-state index in [1.54, 1.807) is 31.2 Å². The molecule has 0 saturated heterocycles. The van der Waals surface area contributed by atoms with Crippen LogP contribution in [0.2, 0.25) is 0 Å². The first-order valence-corrected chi connectivity index (χ1v) is 9.20. The third-order valence-electron chi connectivity index (χ3n) is 3.50. The molecule has 0 aliphatic carbocycles. The Hall–Kier alpha value is -2.34. The van der Waals surface area contributed by atoms with Gasteiger partial charge in [-0.2, -0.15) is 18.4 Å². The Balaban J connectivity index is 2.12. The van der Waals surface area contributed by atoms with Crippen LogP contribution in [0, 0.1) is 5.92 Å². The van der Waals surface area contributed by atoms with Crippen LogP contribution in [0.25, 0.3) is 0 Å². The standard InChI is InChI=1S/C18H22N2O3S/c1-13(2)12-15-4-10-18(11-5-15)24(22,23)20-19-14(3)16-6-8-17(21)9-7-16/h4-11,13,20-21H,12H2,1-3H3/b19-14+. The zero-order valence-electron chi connectivity index (χ0n) is 14.0. The van der Waals surface area contributed by atoms with E-state index in [4.69, 9.17) is 0 Å². The van der Waals surface area contributed by atoms with Crippen molar-refractivity contribution >= 4 is 15.7 Å². The minimum atomic E-state index is -3.70. The quantitative estimate of drug-likeness (QED) is 0.622. The predicted octanol–water partition coefficient (Wildman–Crippen LogP) is 3.29. The molecule has 0 unspecified atom stereocenters. The highest BCUT2D eigenvalue weighted by molar-refractivity contribution is 7.89. The van der Waals surface area contributed by atoms with Crippen LogP contribution in [-0.2, 0) is 16.4 Å². The lowest BCUT2D eigenvalue weighted by Crippen LogP contribution is -2.20. The molecule has 0 radical (unpaired) electrons. The van der Waals surface area contributed by atoms with E-state index in [-0.39, 0.29) is 10.6 Å². The highest BCUT2D eigenvalue weighted by Crippen LogP contribution is 2.14. The van der Waals surface area contributed by atoms with Crippen LogP contribution in [-0.4, -0.2) is 19.2 Å². The number of phenols is 1. The van der Waals surface area contributed by atoms with Crippen molar-refractivity contribution in [2.45, 2.75) is 32.1 Å². The van der Waals surface area contributed by atoms with Crippen molar-refractivity contribution in [3.8, 4) is 5.75 Å². The molecule has 5 nitrogen and oxygen atoms in total. The number of phenolic OH excluding ortho intramolecular Hbond substituents is 1. The second-order valence-corrected chi connectivity index (χ2v) is 7.74. The second kappa shape index (κ2) is 7.49. The molecule has 0 saturated carbocycles. The van der Waals surface area contributed by atoms with Gasteiger partial charge in [-0.25, -0.2) is 0 Å². The van der Waals surface area contributed by atoms with Gasteiger partial charge in [0.05, 0.1) is 10.6 Å². The molecule has 2 rings (SSSR count). The van der Waals surface area contributed by atoms with E-state index in [1.807, 2.05) is 12.1 Å². The first kappa shape index (κ1) is 18.0. The highest BCUT2D eigenvalue weighted by Gasteiger charge is 2.13. The number of benzene rings is 2. The molecule has 24 heavy (non-hydrogen) atoms. The Kier molecular flexibility index (Phi) is 5.62. The Morgan fingerprint density at radius 2 is 1.67 bits per heavy atom. The summed E-state index contributed by atoms with van der Waals surface area (Å²) in [7, 11) is -3.70. The normalized spacial score (nSPS) is 12.4. The number of aromatic hydroxyl groups is 1. The smallest absolute Gasteiger partial charge is 0.276 e. The summed E-state index contributed by atoms with van der Waals surface area (Å²) < 4.78 is 24.6. The molecule has 0 spiro atoms. The largest absolute Gasteiger partial charge is 0.508 e. The average molecular weight is 346 g/mol. The number of sulfonamides is 1. The summed E-state index contributed by atoms with van der Waals surface area (Å²) in [6.45, 7) is 5.93. The van der Waals surface area contributed by atoms with Gasteiger partial charge in [-0.1, -0.05) is 26.0 Å². The van der Waals surface area contributed by atoms with Gasteiger partial charge in [0.2, 0.25) is 0 Å². The predicted molar refractivity (Wildman–Crippen MR) is 95.6 cm³/mol. The maximum atomic E-state index is 12.3. The van der Waals surface area contributed by atoms with E-state index in [9.17, 15) is 13.5 Å². The summed E-state index contributed by atoms with van der Waals surface area (Å²) in [5.74, 6) is 0.664. The maximum Gasteiger partial charge on any atom is 0.276 e. The monoisotopic (exact) mass is 346 g/mol.